The summed E-state index contributed by atoms with van der Waals surface area (Å²) >= 11 is -0.372. The van der Waals surface area contributed by atoms with E-state index in [1.165, 1.54) is 7.11 Å². The molecule has 0 radical (unpaired) electrons. The standard InChI is InChI=1S/C9H13O3.CH3.Al.H/c1-12-9(11)6-8(10)7-4-2-3-5-7;;;/h2-6H2,1H3;1H3;;. The Labute approximate surface area is 90.9 Å². The van der Waals surface area contributed by atoms with Crippen molar-refractivity contribution in [3.05, 3.63) is 0 Å². The summed E-state index contributed by atoms with van der Waals surface area (Å²) in [5.41, 5.74) is 0. The lowest BCUT2D eigenvalue weighted by molar-refractivity contribution is -0.144. The summed E-state index contributed by atoms with van der Waals surface area (Å²) in [5, 5.41) is 0. The van der Waals surface area contributed by atoms with Gasteiger partial charge in [0.25, 0.3) is 15.2 Å². The van der Waals surface area contributed by atoms with Gasteiger partial charge in [-0.2, -0.15) is 0 Å². The van der Waals surface area contributed by atoms with Crippen LogP contribution in [-0.4, -0.2) is 34.1 Å². The first-order chi connectivity index (χ1) is 6.64. The minimum Gasteiger partial charge on any atom is -0.469 e. The highest BCUT2D eigenvalue weighted by molar-refractivity contribution is 6.46. The lowest BCUT2D eigenvalue weighted by Crippen LogP contribution is -2.28. The third kappa shape index (κ3) is 2.37. The Morgan fingerprint density at radius 1 is 1.36 bits per heavy atom. The number of esters is 1. The van der Waals surface area contributed by atoms with Gasteiger partial charge in [0.1, 0.15) is 12.2 Å². The molecule has 0 unspecified atom stereocenters. The minimum absolute atomic E-state index is 0.0165. The maximum Gasteiger partial charge on any atom is 0.312 e. The molecule has 0 bridgehead atoms. The first-order valence-corrected chi connectivity index (χ1v) is 7.37. The van der Waals surface area contributed by atoms with Crippen molar-refractivity contribution in [2.75, 3.05) is 7.11 Å². The molecule has 0 atom stereocenters. The normalized spacial score (nSPS) is 19.0. The van der Waals surface area contributed by atoms with Gasteiger partial charge < -0.3 is 4.74 Å². The number of carbonyl (C=O) groups is 2. The van der Waals surface area contributed by atoms with E-state index in [-0.39, 0.29) is 37.7 Å². The largest absolute Gasteiger partial charge is 0.469 e. The molecule has 78 valence electrons. The van der Waals surface area contributed by atoms with E-state index in [1.54, 1.807) is 0 Å². The van der Waals surface area contributed by atoms with Gasteiger partial charge in [0, 0.05) is 0 Å². The minimum atomic E-state index is -0.385. The summed E-state index contributed by atoms with van der Waals surface area (Å²) in [6, 6.07) is 0. The predicted molar refractivity (Wildman–Crippen MR) is 55.8 cm³/mol. The molecule has 0 saturated heterocycles. The maximum atomic E-state index is 11.9. The van der Waals surface area contributed by atoms with Crippen molar-refractivity contribution in [1.29, 1.82) is 0 Å². The van der Waals surface area contributed by atoms with Crippen LogP contribution in [-0.2, 0) is 14.3 Å². The van der Waals surface area contributed by atoms with Crippen molar-refractivity contribution in [3.8, 4) is 0 Å². The second kappa shape index (κ2) is 4.95. The zero-order chi connectivity index (χ0) is 10.6. The fourth-order valence-corrected chi connectivity index (χ4v) is 4.00. The van der Waals surface area contributed by atoms with Gasteiger partial charge >= 0.3 is 5.97 Å². The number of ketones is 1. The first-order valence-electron chi connectivity index (χ1n) is 5.25. The van der Waals surface area contributed by atoms with Crippen LogP contribution in [0.4, 0.5) is 0 Å². The topological polar surface area (TPSA) is 43.4 Å². The van der Waals surface area contributed by atoms with Crippen molar-refractivity contribution in [1.82, 2.24) is 0 Å². The molecule has 0 heterocycles. The van der Waals surface area contributed by atoms with Crippen LogP contribution in [0.3, 0.4) is 0 Å². The van der Waals surface area contributed by atoms with Crippen LogP contribution < -0.4 is 0 Å². The number of Topliss-reactive ketones (excluding diaryl/α,β-unsaturated/α-hetero) is 1. The van der Waals surface area contributed by atoms with Crippen LogP contribution in [0.15, 0.2) is 0 Å². The van der Waals surface area contributed by atoms with Crippen LogP contribution in [0, 0.1) is 0 Å². The van der Waals surface area contributed by atoms with Crippen LogP contribution in [0.5, 0.6) is 0 Å². The highest BCUT2D eigenvalue weighted by atomic mass is 27.1. The van der Waals surface area contributed by atoms with Crippen molar-refractivity contribution in [2.45, 2.75) is 42.2 Å². The number of hydrogen-bond donors (Lipinski definition) is 0. The number of methoxy groups -OCH3 is 1. The fourth-order valence-electron chi connectivity index (χ4n) is 2.27. The molecule has 0 aromatic rings. The Balaban J connectivity index is 2.60. The number of carbonyl (C=O) groups excluding carboxylic acids is 2. The molecule has 0 aromatic heterocycles. The summed E-state index contributed by atoms with van der Waals surface area (Å²) in [7, 11) is 1.33. The number of rotatable bonds is 4. The van der Waals surface area contributed by atoms with Gasteiger partial charge in [-0.1, -0.05) is 25.7 Å². The van der Waals surface area contributed by atoms with Crippen LogP contribution in [0.2, 0.25) is 10.1 Å². The Kier molecular flexibility index (Phi) is 4.15. The molecule has 1 fully saturated rings. The second-order valence-electron chi connectivity index (χ2n) is 4.02. The number of hydrogen-bond acceptors (Lipinski definition) is 3. The van der Waals surface area contributed by atoms with E-state index in [0.29, 0.717) is 0 Å². The Hall–Kier alpha value is -0.328. The van der Waals surface area contributed by atoms with Crippen LogP contribution >= 0.6 is 0 Å². The molecule has 1 aliphatic rings. The van der Waals surface area contributed by atoms with Crippen LogP contribution in [0.25, 0.3) is 0 Å². The molecule has 4 heteroatoms. The molecular weight excluding hydrogens is 195 g/mol. The van der Waals surface area contributed by atoms with Crippen molar-refractivity contribution < 1.29 is 14.3 Å². The van der Waals surface area contributed by atoms with Gasteiger partial charge in [0.2, 0.25) is 0 Å². The molecular formula is C10H17AlO3. The average Bonchev–Trinajstić information content (AvgIpc) is 2.67. The van der Waals surface area contributed by atoms with Gasteiger partial charge in [-0.25, -0.2) is 0 Å². The molecule has 1 aliphatic carbocycles. The van der Waals surface area contributed by atoms with E-state index >= 15 is 0 Å². The lowest BCUT2D eigenvalue weighted by Gasteiger charge is -2.24. The summed E-state index contributed by atoms with van der Waals surface area (Å²) in [4.78, 5) is 22.9. The van der Waals surface area contributed by atoms with E-state index in [0.717, 1.165) is 25.7 Å². The maximum absolute atomic E-state index is 11.9. The summed E-state index contributed by atoms with van der Waals surface area (Å²) in [5.74, 6) is 1.92. The van der Waals surface area contributed by atoms with Crippen LogP contribution in [0.1, 0.15) is 32.1 Å². The molecule has 0 amide bonds. The third-order valence-corrected chi connectivity index (χ3v) is 5.82. The molecule has 1 saturated carbocycles. The monoisotopic (exact) mass is 212 g/mol. The molecule has 1 rings (SSSR count). The number of ether oxygens (including phenoxy) is 1. The van der Waals surface area contributed by atoms with E-state index < -0.39 is 0 Å². The van der Waals surface area contributed by atoms with Gasteiger partial charge in [-0.05, 0) is 4.28 Å². The molecule has 14 heavy (non-hydrogen) atoms. The SMILES string of the molecule is COC(=O)CC(=O)[C]1([AlH][CH3])CCCC1. The Morgan fingerprint density at radius 2 is 1.93 bits per heavy atom. The van der Waals surface area contributed by atoms with E-state index in [9.17, 15) is 9.59 Å². The molecule has 0 aliphatic heterocycles. The summed E-state index contributed by atoms with van der Waals surface area (Å²) in [6.45, 7) is 0. The van der Waals surface area contributed by atoms with E-state index in [4.69, 9.17) is 0 Å². The summed E-state index contributed by atoms with van der Waals surface area (Å²) in [6.07, 6.45) is 4.29. The second-order valence-corrected chi connectivity index (χ2v) is 6.08. The molecule has 0 aromatic carbocycles. The van der Waals surface area contributed by atoms with Gasteiger partial charge in [0.05, 0.1) is 7.11 Å². The average molecular weight is 212 g/mol. The molecule has 0 spiro atoms. The molecule has 0 N–H and O–H groups in total. The quantitative estimate of drug-likeness (QED) is 0.401. The zero-order valence-electron chi connectivity index (χ0n) is 8.97. The smallest absolute Gasteiger partial charge is 0.312 e. The molecule has 3 nitrogen and oxygen atoms in total. The lowest BCUT2D eigenvalue weighted by atomic mass is 9.98. The fraction of sp³-hybridized carbons (Fsp3) is 0.800. The predicted octanol–water partition coefficient (Wildman–Crippen LogP) is 1.34. The van der Waals surface area contributed by atoms with Gasteiger partial charge in [-0.15, -0.1) is 5.79 Å². The van der Waals surface area contributed by atoms with Crippen molar-refractivity contribution >= 4 is 27.0 Å². The van der Waals surface area contributed by atoms with Gasteiger partial charge in [0.15, 0.2) is 0 Å². The van der Waals surface area contributed by atoms with Crippen molar-refractivity contribution in [3.63, 3.8) is 0 Å². The van der Waals surface area contributed by atoms with Gasteiger partial charge in [-0.3, -0.25) is 9.59 Å². The third-order valence-electron chi connectivity index (χ3n) is 3.36. The Morgan fingerprint density at radius 3 is 2.36 bits per heavy atom. The van der Waals surface area contributed by atoms with Crippen molar-refractivity contribution in [2.24, 2.45) is 0 Å². The summed E-state index contributed by atoms with van der Waals surface area (Å²) < 4.78 is 4.45. The zero-order valence-corrected chi connectivity index (χ0v) is 10.4. The highest BCUT2D eigenvalue weighted by Gasteiger charge is 2.40. The Bertz CT molecular complexity index is 232. The van der Waals surface area contributed by atoms with E-state index in [2.05, 4.69) is 10.5 Å². The first kappa shape index (κ1) is 11.7. The van der Waals surface area contributed by atoms with E-state index in [1.807, 2.05) is 0 Å². The highest BCUT2D eigenvalue weighted by Crippen LogP contribution is 2.45.